The van der Waals surface area contributed by atoms with E-state index >= 15 is 0 Å². The van der Waals surface area contributed by atoms with Crippen LogP contribution in [-0.4, -0.2) is 19.8 Å². The van der Waals surface area contributed by atoms with Crippen molar-refractivity contribution in [2.24, 2.45) is 0 Å². The highest BCUT2D eigenvalue weighted by Gasteiger charge is 2.12. The lowest BCUT2D eigenvalue weighted by atomic mass is 10.2. The van der Waals surface area contributed by atoms with E-state index in [1.54, 1.807) is 28.9 Å². The number of benzene rings is 1. The van der Waals surface area contributed by atoms with Gasteiger partial charge in [0.15, 0.2) is 11.5 Å². The van der Waals surface area contributed by atoms with Crippen LogP contribution in [-0.2, 0) is 0 Å². The minimum absolute atomic E-state index is 0.351. The van der Waals surface area contributed by atoms with Crippen LogP contribution in [0.4, 0.5) is 5.69 Å². The number of halogens is 2. The van der Waals surface area contributed by atoms with E-state index < -0.39 is 0 Å². The highest BCUT2D eigenvalue weighted by Crippen LogP contribution is 2.32. The number of hydrogen-bond acceptors (Lipinski definition) is 4. The van der Waals surface area contributed by atoms with Gasteiger partial charge < -0.3 is 5.73 Å². The van der Waals surface area contributed by atoms with Gasteiger partial charge in [-0.25, -0.2) is 0 Å². The lowest BCUT2D eigenvalue weighted by Crippen LogP contribution is -1.95. The fourth-order valence-electron chi connectivity index (χ4n) is 1.64. The summed E-state index contributed by atoms with van der Waals surface area (Å²) in [6, 6.07) is 6.97. The second-order valence-corrected chi connectivity index (χ2v) is 4.49. The van der Waals surface area contributed by atoms with E-state index in [-0.39, 0.29) is 0 Å². The van der Waals surface area contributed by atoms with Gasteiger partial charge in [0.1, 0.15) is 0 Å². The average Bonchev–Trinajstić information content (AvgIpc) is 2.79. The van der Waals surface area contributed by atoms with Crippen molar-refractivity contribution < 1.29 is 0 Å². The zero-order chi connectivity index (χ0) is 12.7. The molecule has 0 amide bonds. The highest BCUT2D eigenvalue weighted by molar-refractivity contribution is 6.39. The van der Waals surface area contributed by atoms with Crippen LogP contribution >= 0.6 is 23.2 Å². The third-order valence-corrected chi connectivity index (χ3v) is 3.14. The van der Waals surface area contributed by atoms with E-state index in [1.165, 1.54) is 0 Å². The van der Waals surface area contributed by atoms with Crippen molar-refractivity contribution in [2.75, 3.05) is 5.73 Å². The van der Waals surface area contributed by atoms with Crippen LogP contribution in [0.2, 0.25) is 10.0 Å². The lowest BCUT2D eigenvalue weighted by molar-refractivity contribution is 0.936. The Bertz CT molecular complexity index is 714. The molecule has 7 heteroatoms. The van der Waals surface area contributed by atoms with Gasteiger partial charge in [0, 0.05) is 11.8 Å². The average molecular weight is 280 g/mol. The summed E-state index contributed by atoms with van der Waals surface area (Å²) < 4.78 is 1.61. The van der Waals surface area contributed by atoms with Gasteiger partial charge in [-0.05, 0) is 24.3 Å². The van der Waals surface area contributed by atoms with Crippen LogP contribution in [0.3, 0.4) is 0 Å². The molecule has 0 atom stereocenters. The maximum absolute atomic E-state index is 6.00. The Labute approximate surface area is 112 Å². The molecule has 90 valence electrons. The number of aromatic nitrogens is 4. The van der Waals surface area contributed by atoms with E-state index in [4.69, 9.17) is 28.9 Å². The molecule has 0 saturated heterocycles. The van der Waals surface area contributed by atoms with Gasteiger partial charge in [-0.15, -0.1) is 10.2 Å². The van der Waals surface area contributed by atoms with Crippen molar-refractivity contribution in [3.05, 3.63) is 40.5 Å². The molecule has 0 aliphatic rings. The first-order chi connectivity index (χ1) is 8.66. The number of rotatable bonds is 1. The van der Waals surface area contributed by atoms with Gasteiger partial charge in [-0.3, -0.25) is 0 Å². The summed E-state index contributed by atoms with van der Waals surface area (Å²) in [6.45, 7) is 0. The Hall–Kier alpha value is -1.85. The van der Waals surface area contributed by atoms with E-state index in [1.807, 2.05) is 6.07 Å². The molecule has 0 fully saturated rings. The molecule has 0 radical (unpaired) electrons. The summed E-state index contributed by atoms with van der Waals surface area (Å²) in [5.41, 5.74) is 7.41. The number of nitrogens with two attached hydrogens (primary N) is 1. The van der Waals surface area contributed by atoms with Crippen LogP contribution in [0.5, 0.6) is 0 Å². The third kappa shape index (κ3) is 1.68. The number of hydrogen-bond donors (Lipinski definition) is 1. The van der Waals surface area contributed by atoms with Crippen LogP contribution in [0.1, 0.15) is 0 Å². The number of nitrogens with zero attached hydrogens (tertiary/aromatic N) is 4. The highest BCUT2D eigenvalue weighted by atomic mass is 35.5. The summed E-state index contributed by atoms with van der Waals surface area (Å²) in [5, 5.41) is 13.0. The van der Waals surface area contributed by atoms with Crippen molar-refractivity contribution in [3.63, 3.8) is 0 Å². The largest absolute Gasteiger partial charge is 0.396 e. The summed E-state index contributed by atoms with van der Waals surface area (Å²) in [5.74, 6) is 0.564. The van der Waals surface area contributed by atoms with E-state index in [9.17, 15) is 0 Å². The Morgan fingerprint density at radius 2 is 1.83 bits per heavy atom. The molecule has 2 N–H and O–H groups in total. The summed E-state index contributed by atoms with van der Waals surface area (Å²) >= 11 is 12.0. The molecule has 1 aromatic carbocycles. The third-order valence-electron chi connectivity index (χ3n) is 2.52. The first-order valence-electron chi connectivity index (χ1n) is 5.08. The second-order valence-electron chi connectivity index (χ2n) is 3.67. The normalized spacial score (nSPS) is 11.0. The Balaban J connectivity index is 2.26. The van der Waals surface area contributed by atoms with E-state index in [0.29, 0.717) is 32.8 Å². The van der Waals surface area contributed by atoms with Crippen molar-refractivity contribution in [1.29, 1.82) is 0 Å². The van der Waals surface area contributed by atoms with Gasteiger partial charge in [-0.1, -0.05) is 23.2 Å². The van der Waals surface area contributed by atoms with Crippen molar-refractivity contribution in [1.82, 2.24) is 19.8 Å². The molecule has 0 bridgehead atoms. The SMILES string of the molecule is Nc1c(Cl)cc(-c2nnc3cccnn23)cc1Cl. The summed E-state index contributed by atoms with van der Waals surface area (Å²) in [4.78, 5) is 0. The van der Waals surface area contributed by atoms with Crippen LogP contribution < -0.4 is 5.73 Å². The van der Waals surface area contributed by atoms with Crippen molar-refractivity contribution >= 4 is 34.5 Å². The molecule has 3 aromatic rings. The maximum atomic E-state index is 6.00. The zero-order valence-corrected chi connectivity index (χ0v) is 10.5. The molecule has 0 unspecified atom stereocenters. The van der Waals surface area contributed by atoms with Gasteiger partial charge in [0.05, 0.1) is 15.7 Å². The number of nitrogen functional groups attached to an aromatic ring is 1. The molecule has 3 rings (SSSR count). The van der Waals surface area contributed by atoms with Crippen LogP contribution in [0.15, 0.2) is 30.5 Å². The smallest absolute Gasteiger partial charge is 0.185 e. The second kappa shape index (κ2) is 4.12. The molecular weight excluding hydrogens is 273 g/mol. The lowest BCUT2D eigenvalue weighted by Gasteiger charge is -2.04. The molecular formula is C11H7Cl2N5. The fourth-order valence-corrected chi connectivity index (χ4v) is 2.12. The van der Waals surface area contributed by atoms with Gasteiger partial charge in [0.25, 0.3) is 0 Å². The molecule has 5 nitrogen and oxygen atoms in total. The monoisotopic (exact) mass is 279 g/mol. The van der Waals surface area contributed by atoms with Crippen molar-refractivity contribution in [3.8, 4) is 11.4 Å². The fraction of sp³-hybridized carbons (Fsp3) is 0. The molecule has 0 saturated carbocycles. The van der Waals surface area contributed by atoms with Crippen LogP contribution in [0, 0.1) is 0 Å². The molecule has 0 aliphatic heterocycles. The van der Waals surface area contributed by atoms with Gasteiger partial charge in [0.2, 0.25) is 0 Å². The number of anilines is 1. The van der Waals surface area contributed by atoms with Gasteiger partial charge in [-0.2, -0.15) is 9.61 Å². The molecule has 0 spiro atoms. The first kappa shape index (κ1) is 11.3. The molecule has 2 aromatic heterocycles. The molecule has 2 heterocycles. The topological polar surface area (TPSA) is 69.1 Å². The van der Waals surface area contributed by atoms with Crippen LogP contribution in [0.25, 0.3) is 17.0 Å². The minimum Gasteiger partial charge on any atom is -0.396 e. The Morgan fingerprint density at radius 1 is 1.11 bits per heavy atom. The molecule has 0 aliphatic carbocycles. The summed E-state index contributed by atoms with van der Waals surface area (Å²) in [6.07, 6.45) is 1.65. The molecule has 18 heavy (non-hydrogen) atoms. The van der Waals surface area contributed by atoms with E-state index in [2.05, 4.69) is 15.3 Å². The Morgan fingerprint density at radius 3 is 2.56 bits per heavy atom. The maximum Gasteiger partial charge on any atom is 0.185 e. The quantitative estimate of drug-likeness (QED) is 0.696. The first-order valence-corrected chi connectivity index (χ1v) is 5.84. The predicted molar refractivity (Wildman–Crippen MR) is 70.7 cm³/mol. The number of fused-ring (bicyclic) bond motifs is 1. The zero-order valence-electron chi connectivity index (χ0n) is 9.01. The predicted octanol–water partition coefficient (Wildman–Crippen LogP) is 2.68. The van der Waals surface area contributed by atoms with Crippen molar-refractivity contribution in [2.45, 2.75) is 0 Å². The standard InChI is InChI=1S/C11H7Cl2N5/c12-7-4-6(5-8(13)10(7)14)11-17-16-9-2-1-3-15-18(9)11/h1-5H,14H2. The van der Waals surface area contributed by atoms with E-state index in [0.717, 1.165) is 0 Å². The minimum atomic E-state index is 0.351. The Kier molecular flexibility index (Phi) is 2.57. The summed E-state index contributed by atoms with van der Waals surface area (Å²) in [7, 11) is 0. The van der Waals surface area contributed by atoms with Gasteiger partial charge >= 0.3 is 0 Å².